The number of esters is 1. The molecule has 1 rings (SSSR count). The van der Waals surface area contributed by atoms with Gasteiger partial charge in [0.2, 0.25) is 0 Å². The van der Waals surface area contributed by atoms with E-state index in [2.05, 4.69) is 18.9 Å². The molecule has 0 saturated carbocycles. The highest BCUT2D eigenvalue weighted by Gasteiger charge is 2.26. The minimum atomic E-state index is -0.128. The quantitative estimate of drug-likeness (QED) is 0.687. The van der Waals surface area contributed by atoms with Crippen molar-refractivity contribution in [3.8, 4) is 0 Å². The highest BCUT2D eigenvalue weighted by Crippen LogP contribution is 2.19. The molecule has 2 atom stereocenters. The summed E-state index contributed by atoms with van der Waals surface area (Å²) in [4.78, 5) is 13.7. The summed E-state index contributed by atoms with van der Waals surface area (Å²) in [5.74, 6) is 0.488. The summed E-state index contributed by atoms with van der Waals surface area (Å²) in [6.45, 7) is 6.79. The Morgan fingerprint density at radius 3 is 2.53 bits per heavy atom. The first-order valence-corrected chi connectivity index (χ1v) is 6.42. The van der Waals surface area contributed by atoms with E-state index >= 15 is 0 Å². The maximum Gasteiger partial charge on any atom is 0.309 e. The lowest BCUT2D eigenvalue weighted by Gasteiger charge is -2.33. The molecule has 0 aromatic heterocycles. The third-order valence-electron chi connectivity index (χ3n) is 3.88. The number of hydrogen-bond acceptors (Lipinski definition) is 4. The topological polar surface area (TPSA) is 38.8 Å². The highest BCUT2D eigenvalue weighted by molar-refractivity contribution is 5.72. The Morgan fingerprint density at radius 1 is 1.41 bits per heavy atom. The van der Waals surface area contributed by atoms with E-state index in [-0.39, 0.29) is 17.9 Å². The molecule has 0 aromatic rings. The van der Waals surface area contributed by atoms with Gasteiger partial charge in [-0.2, -0.15) is 0 Å². The Morgan fingerprint density at radius 2 is 2.00 bits per heavy atom. The SMILES string of the molecule is COC(=O)C(C)C(C)N(C)CC1CCOCC1. The number of ether oxygens (including phenoxy) is 2. The van der Waals surface area contributed by atoms with Gasteiger partial charge < -0.3 is 14.4 Å². The zero-order chi connectivity index (χ0) is 12.8. The molecule has 0 amide bonds. The van der Waals surface area contributed by atoms with Crippen molar-refractivity contribution in [2.75, 3.05) is 33.9 Å². The zero-order valence-corrected chi connectivity index (χ0v) is 11.4. The van der Waals surface area contributed by atoms with Crippen LogP contribution < -0.4 is 0 Å². The van der Waals surface area contributed by atoms with Gasteiger partial charge in [0.1, 0.15) is 0 Å². The number of hydrogen-bond donors (Lipinski definition) is 0. The standard InChI is InChI=1S/C13H25NO3/c1-10(13(15)16-4)11(2)14(3)9-12-5-7-17-8-6-12/h10-12H,5-9H2,1-4H3. The van der Waals surface area contributed by atoms with Crippen molar-refractivity contribution >= 4 is 5.97 Å². The molecular weight excluding hydrogens is 218 g/mol. The number of rotatable bonds is 5. The molecule has 0 radical (unpaired) electrons. The Balaban J connectivity index is 2.39. The second kappa shape index (κ2) is 6.97. The molecule has 1 aliphatic rings. The van der Waals surface area contributed by atoms with Gasteiger partial charge in [-0.1, -0.05) is 6.92 Å². The van der Waals surface area contributed by atoms with Crippen LogP contribution in [0, 0.1) is 11.8 Å². The summed E-state index contributed by atoms with van der Waals surface area (Å²) in [6.07, 6.45) is 2.26. The summed E-state index contributed by atoms with van der Waals surface area (Å²) < 4.78 is 10.1. The summed E-state index contributed by atoms with van der Waals surface area (Å²) in [7, 11) is 3.53. The minimum absolute atomic E-state index is 0.0789. The van der Waals surface area contributed by atoms with Crippen LogP contribution in [-0.2, 0) is 14.3 Å². The van der Waals surface area contributed by atoms with Crippen LogP contribution in [0.1, 0.15) is 26.7 Å². The van der Waals surface area contributed by atoms with Gasteiger partial charge in [0.25, 0.3) is 0 Å². The molecule has 1 heterocycles. The normalized spacial score (nSPS) is 21.2. The van der Waals surface area contributed by atoms with Crippen molar-refractivity contribution in [3.63, 3.8) is 0 Å². The predicted octanol–water partition coefficient (Wildman–Crippen LogP) is 1.54. The fourth-order valence-corrected chi connectivity index (χ4v) is 2.27. The average Bonchev–Trinajstić information content (AvgIpc) is 2.37. The van der Waals surface area contributed by atoms with Crippen molar-refractivity contribution in [1.29, 1.82) is 0 Å². The third kappa shape index (κ3) is 4.28. The summed E-state index contributed by atoms with van der Waals surface area (Å²) in [5.41, 5.74) is 0. The molecular formula is C13H25NO3. The van der Waals surface area contributed by atoms with Crippen molar-refractivity contribution in [2.45, 2.75) is 32.7 Å². The maximum atomic E-state index is 11.5. The molecule has 17 heavy (non-hydrogen) atoms. The van der Waals surface area contributed by atoms with Gasteiger partial charge in [-0.25, -0.2) is 0 Å². The van der Waals surface area contributed by atoms with E-state index in [1.54, 1.807) is 0 Å². The van der Waals surface area contributed by atoms with Crippen LogP contribution in [0.3, 0.4) is 0 Å². The maximum absolute atomic E-state index is 11.5. The second-order valence-corrected chi connectivity index (χ2v) is 5.05. The van der Waals surface area contributed by atoms with Gasteiger partial charge in [-0.05, 0) is 32.7 Å². The Bertz CT molecular complexity index is 239. The third-order valence-corrected chi connectivity index (χ3v) is 3.88. The molecule has 0 aliphatic carbocycles. The van der Waals surface area contributed by atoms with Gasteiger partial charge in [-0.3, -0.25) is 4.79 Å². The lowest BCUT2D eigenvalue weighted by Crippen LogP contribution is -2.41. The Hall–Kier alpha value is -0.610. The fourth-order valence-electron chi connectivity index (χ4n) is 2.27. The molecule has 0 N–H and O–H groups in total. The van der Waals surface area contributed by atoms with E-state index < -0.39 is 0 Å². The average molecular weight is 243 g/mol. The lowest BCUT2D eigenvalue weighted by atomic mass is 9.97. The van der Waals surface area contributed by atoms with Crippen LogP contribution in [0.25, 0.3) is 0 Å². The molecule has 100 valence electrons. The number of methoxy groups -OCH3 is 1. The Kier molecular flexibility index (Phi) is 5.92. The summed E-state index contributed by atoms with van der Waals surface area (Å²) in [5, 5.41) is 0. The molecule has 1 saturated heterocycles. The van der Waals surface area contributed by atoms with Crippen LogP contribution in [0.2, 0.25) is 0 Å². The fraction of sp³-hybridized carbons (Fsp3) is 0.923. The zero-order valence-electron chi connectivity index (χ0n) is 11.4. The number of carbonyl (C=O) groups excluding carboxylic acids is 1. The van der Waals surface area contributed by atoms with E-state index in [9.17, 15) is 4.79 Å². The van der Waals surface area contributed by atoms with Gasteiger partial charge in [0.05, 0.1) is 13.0 Å². The van der Waals surface area contributed by atoms with Crippen molar-refractivity contribution < 1.29 is 14.3 Å². The monoisotopic (exact) mass is 243 g/mol. The highest BCUT2D eigenvalue weighted by atomic mass is 16.5. The van der Waals surface area contributed by atoms with Crippen molar-refractivity contribution in [1.82, 2.24) is 4.90 Å². The van der Waals surface area contributed by atoms with Crippen LogP contribution >= 0.6 is 0 Å². The van der Waals surface area contributed by atoms with Crippen LogP contribution in [-0.4, -0.2) is 50.8 Å². The molecule has 2 unspecified atom stereocenters. The van der Waals surface area contributed by atoms with Gasteiger partial charge in [0.15, 0.2) is 0 Å². The predicted molar refractivity (Wildman–Crippen MR) is 66.8 cm³/mol. The smallest absolute Gasteiger partial charge is 0.309 e. The van der Waals surface area contributed by atoms with Crippen LogP contribution in [0.15, 0.2) is 0 Å². The van der Waals surface area contributed by atoms with Gasteiger partial charge >= 0.3 is 5.97 Å². The largest absolute Gasteiger partial charge is 0.469 e. The second-order valence-electron chi connectivity index (χ2n) is 5.05. The lowest BCUT2D eigenvalue weighted by molar-refractivity contribution is -0.147. The van der Waals surface area contributed by atoms with Crippen molar-refractivity contribution in [2.24, 2.45) is 11.8 Å². The number of nitrogens with zero attached hydrogens (tertiary/aromatic N) is 1. The van der Waals surface area contributed by atoms with E-state index in [0.717, 1.165) is 32.6 Å². The Labute approximate surface area is 104 Å². The molecule has 0 bridgehead atoms. The summed E-state index contributed by atoms with van der Waals surface area (Å²) >= 11 is 0. The van der Waals surface area contributed by atoms with E-state index in [1.807, 2.05) is 6.92 Å². The summed E-state index contributed by atoms with van der Waals surface area (Å²) in [6, 6.07) is 0.213. The molecule has 4 heteroatoms. The molecule has 1 fully saturated rings. The molecule has 4 nitrogen and oxygen atoms in total. The van der Waals surface area contributed by atoms with E-state index in [4.69, 9.17) is 9.47 Å². The van der Waals surface area contributed by atoms with Gasteiger partial charge in [-0.15, -0.1) is 0 Å². The minimum Gasteiger partial charge on any atom is -0.469 e. The van der Waals surface area contributed by atoms with Crippen LogP contribution in [0.5, 0.6) is 0 Å². The van der Waals surface area contributed by atoms with Gasteiger partial charge in [0, 0.05) is 25.8 Å². The first-order chi connectivity index (χ1) is 8.06. The van der Waals surface area contributed by atoms with Crippen molar-refractivity contribution in [3.05, 3.63) is 0 Å². The number of carbonyl (C=O) groups is 1. The first kappa shape index (κ1) is 14.5. The molecule has 0 aromatic carbocycles. The molecule has 1 aliphatic heterocycles. The molecule has 0 spiro atoms. The van der Waals surface area contributed by atoms with E-state index in [1.165, 1.54) is 7.11 Å². The first-order valence-electron chi connectivity index (χ1n) is 6.42. The van der Waals surface area contributed by atoms with Crippen LogP contribution in [0.4, 0.5) is 0 Å². The van der Waals surface area contributed by atoms with E-state index in [0.29, 0.717) is 5.92 Å².